The van der Waals surface area contributed by atoms with Gasteiger partial charge in [-0.25, -0.2) is 4.79 Å². The summed E-state index contributed by atoms with van der Waals surface area (Å²) in [7, 11) is 2.16. The molecular weight excluding hydrogens is 342 g/mol. The van der Waals surface area contributed by atoms with Crippen molar-refractivity contribution < 1.29 is 19.7 Å². The van der Waals surface area contributed by atoms with Gasteiger partial charge in [-0.05, 0) is 67.9 Å². The molecule has 2 N–H and O–H groups in total. The zero-order valence-electron chi connectivity index (χ0n) is 15.7. The summed E-state index contributed by atoms with van der Waals surface area (Å²) in [5.74, 6) is 0.201. The second-order valence-corrected chi connectivity index (χ2v) is 8.01. The summed E-state index contributed by atoms with van der Waals surface area (Å²) in [6.45, 7) is 3.80. The number of likely N-dealkylation sites (N-methyl/N-ethyl adjacent to an activating group) is 1. The van der Waals surface area contributed by atoms with E-state index in [1.807, 2.05) is 12.1 Å². The van der Waals surface area contributed by atoms with Gasteiger partial charge in [-0.3, -0.25) is 0 Å². The van der Waals surface area contributed by atoms with Gasteiger partial charge in [-0.1, -0.05) is 19.1 Å². The number of aromatic carboxylic acids is 1. The molecule has 0 saturated carbocycles. The summed E-state index contributed by atoms with van der Waals surface area (Å²) < 4.78 is 6.08. The van der Waals surface area contributed by atoms with Crippen molar-refractivity contribution in [3.05, 3.63) is 59.2 Å². The molecule has 0 amide bonds. The molecule has 1 fully saturated rings. The lowest BCUT2D eigenvalue weighted by Crippen LogP contribution is -2.59. The van der Waals surface area contributed by atoms with Gasteiger partial charge >= 0.3 is 5.97 Å². The molecule has 2 aromatic carbocycles. The number of likely N-dealkylation sites (tertiary alicyclic amines) is 1. The number of hydrogen-bond acceptors (Lipinski definition) is 4. The van der Waals surface area contributed by atoms with E-state index < -0.39 is 5.97 Å². The number of carboxylic acid groups (broad SMARTS) is 1. The summed E-state index contributed by atoms with van der Waals surface area (Å²) in [6, 6.07) is 12.7. The van der Waals surface area contributed by atoms with Crippen molar-refractivity contribution >= 4 is 5.97 Å². The maximum atomic E-state index is 11.2. The van der Waals surface area contributed by atoms with Crippen LogP contribution in [-0.4, -0.2) is 47.3 Å². The Kier molecular flexibility index (Phi) is 4.35. The molecule has 1 unspecified atom stereocenters. The second-order valence-electron chi connectivity index (χ2n) is 8.01. The number of rotatable bonds is 4. The van der Waals surface area contributed by atoms with Crippen LogP contribution in [0, 0.1) is 5.92 Å². The fourth-order valence-electron chi connectivity index (χ4n) is 4.82. The average Bonchev–Trinajstić information content (AvgIpc) is 2.65. The van der Waals surface area contributed by atoms with Gasteiger partial charge in [0.1, 0.15) is 11.5 Å². The number of phenols is 1. The Balaban J connectivity index is 1.64. The van der Waals surface area contributed by atoms with Crippen LogP contribution < -0.4 is 4.74 Å². The third-order valence-electron chi connectivity index (χ3n) is 6.48. The number of phenolic OH excluding ortho intramolecular Hbond substituents is 1. The molecule has 1 aliphatic heterocycles. The number of carbonyl (C=O) groups is 1. The number of ether oxygens (including phenoxy) is 1. The van der Waals surface area contributed by atoms with Crippen molar-refractivity contribution in [2.24, 2.45) is 5.92 Å². The number of nitrogens with zero attached hydrogens (tertiary/aromatic N) is 1. The van der Waals surface area contributed by atoms with E-state index in [9.17, 15) is 15.0 Å². The zero-order chi connectivity index (χ0) is 19.2. The van der Waals surface area contributed by atoms with Crippen LogP contribution in [0.3, 0.4) is 0 Å². The van der Waals surface area contributed by atoms with Gasteiger partial charge < -0.3 is 19.8 Å². The van der Waals surface area contributed by atoms with Crippen molar-refractivity contribution in [2.45, 2.75) is 31.2 Å². The minimum Gasteiger partial charge on any atom is -0.508 e. The van der Waals surface area contributed by atoms with Crippen molar-refractivity contribution in [1.29, 1.82) is 0 Å². The summed E-state index contributed by atoms with van der Waals surface area (Å²) in [5.41, 5.74) is 2.68. The Labute approximate surface area is 159 Å². The van der Waals surface area contributed by atoms with Gasteiger partial charge in [0, 0.05) is 17.4 Å². The molecule has 2 bridgehead atoms. The fraction of sp³-hybridized carbons (Fsp3) is 0.409. The quantitative estimate of drug-likeness (QED) is 0.868. The first-order chi connectivity index (χ1) is 12.9. The fourth-order valence-corrected chi connectivity index (χ4v) is 4.82. The largest absolute Gasteiger partial charge is 0.508 e. The molecule has 0 radical (unpaired) electrons. The summed E-state index contributed by atoms with van der Waals surface area (Å²) >= 11 is 0. The molecule has 2 aromatic rings. The van der Waals surface area contributed by atoms with Crippen molar-refractivity contribution in [2.75, 3.05) is 20.2 Å². The van der Waals surface area contributed by atoms with Crippen LogP contribution in [-0.2, 0) is 11.8 Å². The predicted octanol–water partition coefficient (Wildman–Crippen LogP) is 3.30. The number of hydrogen-bond donors (Lipinski definition) is 2. The molecule has 2 aliphatic rings. The van der Waals surface area contributed by atoms with Crippen LogP contribution in [0.25, 0.3) is 0 Å². The second kappa shape index (κ2) is 6.57. The van der Waals surface area contributed by atoms with Crippen molar-refractivity contribution in [3.8, 4) is 11.5 Å². The lowest BCUT2D eigenvalue weighted by atomic mass is 9.58. The Morgan fingerprint density at radius 1 is 1.30 bits per heavy atom. The van der Waals surface area contributed by atoms with Crippen LogP contribution >= 0.6 is 0 Å². The van der Waals surface area contributed by atoms with E-state index >= 15 is 0 Å². The molecule has 0 spiro atoms. The van der Waals surface area contributed by atoms with E-state index in [4.69, 9.17) is 4.74 Å². The number of fused-ring (bicyclic) bond motifs is 4. The number of aromatic hydroxyl groups is 1. The van der Waals surface area contributed by atoms with Gasteiger partial charge in [0.25, 0.3) is 0 Å². The first kappa shape index (κ1) is 17.9. The van der Waals surface area contributed by atoms with E-state index in [0.29, 0.717) is 24.1 Å². The molecule has 1 aliphatic carbocycles. The normalized spacial score (nSPS) is 27.0. The third kappa shape index (κ3) is 3.06. The molecule has 5 heteroatoms. The SMILES string of the molecule is CN1CC[C@]2(C)c3cc(O)ccc3CC1[C@H]2COc1cccc(C(=O)O)c1. The van der Waals surface area contributed by atoms with Crippen molar-refractivity contribution in [3.63, 3.8) is 0 Å². The van der Waals surface area contributed by atoms with Crippen LogP contribution in [0.4, 0.5) is 0 Å². The summed E-state index contributed by atoms with van der Waals surface area (Å²) in [5, 5.41) is 19.2. The topological polar surface area (TPSA) is 70.0 Å². The molecule has 3 atom stereocenters. The summed E-state index contributed by atoms with van der Waals surface area (Å²) in [6.07, 6.45) is 1.94. The zero-order valence-corrected chi connectivity index (χ0v) is 15.7. The van der Waals surface area contributed by atoms with Crippen LogP contribution in [0.5, 0.6) is 11.5 Å². The highest BCUT2D eigenvalue weighted by Crippen LogP contribution is 2.49. The van der Waals surface area contributed by atoms with Gasteiger partial charge in [-0.15, -0.1) is 0 Å². The van der Waals surface area contributed by atoms with Crippen molar-refractivity contribution in [1.82, 2.24) is 4.90 Å². The first-order valence-electron chi connectivity index (χ1n) is 9.37. The highest BCUT2D eigenvalue weighted by atomic mass is 16.5. The molecule has 5 nitrogen and oxygen atoms in total. The average molecular weight is 367 g/mol. The van der Waals surface area contributed by atoms with E-state index in [2.05, 4.69) is 18.9 Å². The Morgan fingerprint density at radius 3 is 2.89 bits per heavy atom. The Morgan fingerprint density at radius 2 is 2.11 bits per heavy atom. The number of benzene rings is 2. The molecule has 4 rings (SSSR count). The number of piperidine rings is 1. The minimum absolute atomic E-state index is 0.0755. The van der Waals surface area contributed by atoms with E-state index in [1.165, 1.54) is 11.1 Å². The standard InChI is InChI=1S/C22H25NO4/c1-22-8-9-23(2)20(11-14-6-7-16(24)12-18(14)22)19(22)13-27-17-5-3-4-15(10-17)21(25)26/h3-7,10,12,19-20,24H,8-9,11,13H2,1-2H3,(H,25,26)/t19-,20?,22-/m1/s1. The van der Waals surface area contributed by atoms with E-state index in [-0.39, 0.29) is 16.9 Å². The van der Waals surface area contributed by atoms with Gasteiger partial charge in [0.2, 0.25) is 0 Å². The van der Waals surface area contributed by atoms with E-state index in [0.717, 1.165) is 19.4 Å². The number of carboxylic acids is 1. The van der Waals surface area contributed by atoms with Crippen LogP contribution in [0.2, 0.25) is 0 Å². The Bertz CT molecular complexity index is 880. The van der Waals surface area contributed by atoms with Crippen LogP contribution in [0.15, 0.2) is 42.5 Å². The minimum atomic E-state index is -0.953. The van der Waals surface area contributed by atoms with Gasteiger partial charge in [-0.2, -0.15) is 0 Å². The summed E-state index contributed by atoms with van der Waals surface area (Å²) in [4.78, 5) is 13.6. The monoisotopic (exact) mass is 367 g/mol. The highest BCUT2D eigenvalue weighted by Gasteiger charge is 2.50. The lowest BCUT2D eigenvalue weighted by molar-refractivity contribution is 0.0118. The molecule has 27 heavy (non-hydrogen) atoms. The maximum absolute atomic E-state index is 11.2. The van der Waals surface area contributed by atoms with E-state index in [1.54, 1.807) is 30.3 Å². The molecular formula is C22H25NO4. The molecule has 142 valence electrons. The third-order valence-corrected chi connectivity index (χ3v) is 6.48. The molecule has 1 heterocycles. The highest BCUT2D eigenvalue weighted by molar-refractivity contribution is 5.88. The Hall–Kier alpha value is -2.53. The smallest absolute Gasteiger partial charge is 0.335 e. The molecule has 0 aromatic heterocycles. The lowest BCUT2D eigenvalue weighted by Gasteiger charge is -2.54. The van der Waals surface area contributed by atoms with Gasteiger partial charge in [0.15, 0.2) is 0 Å². The van der Waals surface area contributed by atoms with Crippen LogP contribution in [0.1, 0.15) is 34.8 Å². The van der Waals surface area contributed by atoms with Gasteiger partial charge in [0.05, 0.1) is 12.2 Å². The maximum Gasteiger partial charge on any atom is 0.335 e. The molecule has 1 saturated heterocycles. The first-order valence-corrected chi connectivity index (χ1v) is 9.37. The predicted molar refractivity (Wildman–Crippen MR) is 103 cm³/mol.